The van der Waals surface area contributed by atoms with Crippen LogP contribution >= 0.6 is 0 Å². The molecule has 27 heavy (non-hydrogen) atoms. The first-order valence-electron chi connectivity index (χ1n) is 8.40. The van der Waals surface area contributed by atoms with Crippen LogP contribution in [0.4, 0.5) is 17.3 Å². The van der Waals surface area contributed by atoms with Crippen molar-refractivity contribution in [2.24, 2.45) is 12.8 Å². The number of nitrogens with zero attached hydrogens (tertiary/aromatic N) is 4. The lowest BCUT2D eigenvalue weighted by atomic mass is 9.93. The van der Waals surface area contributed by atoms with Gasteiger partial charge in [0.25, 0.3) is 5.91 Å². The number of aromatic nitrogens is 4. The molecule has 0 unspecified atom stereocenters. The lowest BCUT2D eigenvalue weighted by Gasteiger charge is -2.18. The molecule has 9 heteroatoms. The van der Waals surface area contributed by atoms with E-state index in [1.165, 1.54) is 0 Å². The number of carbonyl (C=O) groups is 1. The molecule has 1 amide bonds. The molecule has 0 saturated heterocycles. The third kappa shape index (κ3) is 2.82. The number of amides is 1. The minimum Gasteiger partial charge on any atom is -0.495 e. The number of fused-ring (bicyclic) bond motifs is 3. The molecule has 2 heterocycles. The maximum absolute atomic E-state index is 11.7. The molecular weight excluding hydrogens is 346 g/mol. The molecule has 9 nitrogen and oxygen atoms in total. The molecule has 0 fully saturated rings. The second-order valence-corrected chi connectivity index (χ2v) is 6.32. The summed E-state index contributed by atoms with van der Waals surface area (Å²) in [4.78, 5) is 20.7. The normalized spacial score (nSPS) is 12.2. The topological polar surface area (TPSA) is 134 Å². The van der Waals surface area contributed by atoms with Gasteiger partial charge in [-0.3, -0.25) is 9.48 Å². The van der Waals surface area contributed by atoms with Crippen LogP contribution in [-0.2, 0) is 19.9 Å². The fourth-order valence-electron chi connectivity index (χ4n) is 3.36. The smallest absolute Gasteiger partial charge is 0.269 e. The van der Waals surface area contributed by atoms with E-state index in [0.717, 1.165) is 28.9 Å². The van der Waals surface area contributed by atoms with Gasteiger partial charge in [0.1, 0.15) is 5.75 Å². The molecule has 0 atom stereocenters. The van der Waals surface area contributed by atoms with Crippen molar-refractivity contribution in [3.05, 3.63) is 41.2 Å². The minimum absolute atomic E-state index is 0.295. The van der Waals surface area contributed by atoms with E-state index >= 15 is 0 Å². The minimum atomic E-state index is -0.535. The maximum Gasteiger partial charge on any atom is 0.269 e. The highest BCUT2D eigenvalue weighted by Crippen LogP contribution is 2.35. The lowest BCUT2D eigenvalue weighted by Crippen LogP contribution is -2.16. The quantitative estimate of drug-likeness (QED) is 0.595. The molecule has 3 aromatic rings. The van der Waals surface area contributed by atoms with Crippen LogP contribution in [0.1, 0.15) is 21.6 Å². The Morgan fingerprint density at radius 3 is 2.89 bits per heavy atom. The molecular formula is C18H19N7O2. The van der Waals surface area contributed by atoms with Gasteiger partial charge in [-0.05, 0) is 36.6 Å². The van der Waals surface area contributed by atoms with E-state index in [4.69, 9.17) is 16.2 Å². The fraction of sp³-hybridized carbons (Fsp3) is 0.222. The van der Waals surface area contributed by atoms with Crippen LogP contribution in [0, 0.1) is 0 Å². The first kappa shape index (κ1) is 16.8. The van der Waals surface area contributed by atoms with E-state index in [2.05, 4.69) is 20.4 Å². The average molecular weight is 365 g/mol. The van der Waals surface area contributed by atoms with Crippen molar-refractivity contribution in [2.75, 3.05) is 18.2 Å². The second kappa shape index (κ2) is 6.27. The van der Waals surface area contributed by atoms with E-state index in [-0.39, 0.29) is 0 Å². The Morgan fingerprint density at radius 1 is 1.33 bits per heavy atom. The Labute approximate surface area is 155 Å². The van der Waals surface area contributed by atoms with Crippen molar-refractivity contribution >= 4 is 23.2 Å². The van der Waals surface area contributed by atoms with E-state index in [9.17, 15) is 4.79 Å². The Bertz CT molecular complexity index is 1060. The van der Waals surface area contributed by atoms with Crippen LogP contribution in [0.2, 0.25) is 0 Å². The van der Waals surface area contributed by atoms with Gasteiger partial charge in [0.15, 0.2) is 5.69 Å². The van der Waals surface area contributed by atoms with Crippen molar-refractivity contribution in [1.29, 1.82) is 0 Å². The maximum atomic E-state index is 11.7. The zero-order chi connectivity index (χ0) is 19.1. The molecule has 0 bridgehead atoms. The number of methoxy groups -OCH3 is 1. The molecule has 4 rings (SSSR count). The summed E-state index contributed by atoms with van der Waals surface area (Å²) in [7, 11) is 3.36. The lowest BCUT2D eigenvalue weighted by molar-refractivity contribution is 0.0994. The molecule has 2 aromatic heterocycles. The van der Waals surface area contributed by atoms with Crippen molar-refractivity contribution in [3.63, 3.8) is 0 Å². The number of carbonyl (C=O) groups excluding carboxylic acids is 1. The largest absolute Gasteiger partial charge is 0.495 e. The Kier molecular flexibility index (Phi) is 3.91. The van der Waals surface area contributed by atoms with Gasteiger partial charge < -0.3 is 21.5 Å². The molecule has 0 aliphatic heterocycles. The van der Waals surface area contributed by atoms with Crippen LogP contribution < -0.4 is 21.5 Å². The van der Waals surface area contributed by atoms with E-state index in [1.807, 2.05) is 0 Å². The monoisotopic (exact) mass is 365 g/mol. The highest BCUT2D eigenvalue weighted by molar-refractivity contribution is 5.94. The summed E-state index contributed by atoms with van der Waals surface area (Å²) in [6.45, 7) is 0. The predicted octanol–water partition coefficient (Wildman–Crippen LogP) is 1.41. The standard InChI is InChI=1S/C18H19N7O2/c1-25-16-11(15(24-25)17(20)26)5-3-9-8-21-18(23-14(9)16)22-12-7-10(19)4-6-13(12)27-2/h4,6-8H,3,5,19H2,1-2H3,(H2,20,26)(H,21,22,23). The number of nitrogen functional groups attached to an aromatic ring is 1. The first-order chi connectivity index (χ1) is 13.0. The van der Waals surface area contributed by atoms with Gasteiger partial charge in [-0.15, -0.1) is 0 Å². The number of rotatable bonds is 4. The van der Waals surface area contributed by atoms with Crippen molar-refractivity contribution in [3.8, 4) is 17.1 Å². The summed E-state index contributed by atoms with van der Waals surface area (Å²) >= 11 is 0. The van der Waals surface area contributed by atoms with Gasteiger partial charge in [-0.25, -0.2) is 9.97 Å². The number of anilines is 3. The summed E-state index contributed by atoms with van der Waals surface area (Å²) in [6.07, 6.45) is 3.17. The Morgan fingerprint density at radius 2 is 2.15 bits per heavy atom. The second-order valence-electron chi connectivity index (χ2n) is 6.32. The Balaban J connectivity index is 1.78. The third-order valence-corrected chi connectivity index (χ3v) is 4.58. The van der Waals surface area contributed by atoms with Crippen LogP contribution in [0.3, 0.4) is 0 Å². The van der Waals surface area contributed by atoms with Crippen molar-refractivity contribution in [2.45, 2.75) is 12.8 Å². The molecule has 0 saturated carbocycles. The molecule has 1 aliphatic carbocycles. The van der Waals surface area contributed by atoms with Gasteiger partial charge in [0, 0.05) is 24.5 Å². The van der Waals surface area contributed by atoms with Gasteiger partial charge in [0.2, 0.25) is 5.95 Å². The highest BCUT2D eigenvalue weighted by Gasteiger charge is 2.28. The fourth-order valence-corrected chi connectivity index (χ4v) is 3.36. The third-order valence-electron chi connectivity index (χ3n) is 4.58. The Hall–Kier alpha value is -3.62. The number of primary amides is 1. The highest BCUT2D eigenvalue weighted by atomic mass is 16.5. The number of hydrogen-bond acceptors (Lipinski definition) is 7. The summed E-state index contributed by atoms with van der Waals surface area (Å²) in [5.74, 6) is 0.488. The molecule has 138 valence electrons. The number of hydrogen-bond donors (Lipinski definition) is 3. The molecule has 1 aromatic carbocycles. The van der Waals surface area contributed by atoms with Crippen molar-refractivity contribution < 1.29 is 9.53 Å². The number of aryl methyl sites for hydroxylation is 2. The number of benzene rings is 1. The van der Waals surface area contributed by atoms with Crippen LogP contribution in [0.25, 0.3) is 11.4 Å². The zero-order valence-corrected chi connectivity index (χ0v) is 15.0. The average Bonchev–Trinajstić information content (AvgIpc) is 2.99. The van der Waals surface area contributed by atoms with E-state index < -0.39 is 5.91 Å². The molecule has 0 spiro atoms. The van der Waals surface area contributed by atoms with Gasteiger partial charge in [-0.2, -0.15) is 5.10 Å². The van der Waals surface area contributed by atoms with Gasteiger partial charge in [-0.1, -0.05) is 0 Å². The van der Waals surface area contributed by atoms with Gasteiger partial charge in [0.05, 0.1) is 24.2 Å². The summed E-state index contributed by atoms with van der Waals surface area (Å²) in [5.41, 5.74) is 16.2. The van der Waals surface area contributed by atoms with E-state index in [0.29, 0.717) is 35.2 Å². The number of ether oxygens (including phenoxy) is 1. The summed E-state index contributed by atoms with van der Waals surface area (Å²) < 4.78 is 7.00. The first-order valence-corrected chi connectivity index (χ1v) is 8.40. The molecule has 5 N–H and O–H groups in total. The summed E-state index contributed by atoms with van der Waals surface area (Å²) in [5, 5.41) is 7.41. The molecule has 1 aliphatic rings. The number of nitrogens with one attached hydrogen (secondary N) is 1. The predicted molar refractivity (Wildman–Crippen MR) is 101 cm³/mol. The van der Waals surface area contributed by atoms with Gasteiger partial charge >= 0.3 is 0 Å². The van der Waals surface area contributed by atoms with Crippen molar-refractivity contribution in [1.82, 2.24) is 19.7 Å². The van der Waals surface area contributed by atoms with Crippen LogP contribution in [0.5, 0.6) is 5.75 Å². The number of nitrogens with two attached hydrogens (primary N) is 2. The zero-order valence-electron chi connectivity index (χ0n) is 15.0. The molecule has 0 radical (unpaired) electrons. The SMILES string of the molecule is COc1ccc(N)cc1Nc1ncc2c(n1)-c1c(c(C(N)=O)nn1C)CC2. The van der Waals surface area contributed by atoms with Crippen LogP contribution in [-0.4, -0.2) is 32.8 Å². The van der Waals surface area contributed by atoms with Crippen LogP contribution in [0.15, 0.2) is 24.4 Å². The van der Waals surface area contributed by atoms with E-state index in [1.54, 1.807) is 43.2 Å². The summed E-state index contributed by atoms with van der Waals surface area (Å²) in [6, 6.07) is 5.28.